The minimum Gasteiger partial charge on any atom is -0.383 e. The van der Waals surface area contributed by atoms with E-state index in [4.69, 9.17) is 4.74 Å². The van der Waals surface area contributed by atoms with Crippen LogP contribution in [-0.4, -0.2) is 39.5 Å². The fraction of sp³-hybridized carbons (Fsp3) is 0.348. The predicted molar refractivity (Wildman–Crippen MR) is 118 cm³/mol. The number of thioether (sulfide) groups is 1. The Hall–Kier alpha value is -2.44. The Morgan fingerprint density at radius 1 is 1.10 bits per heavy atom. The zero-order valence-corrected chi connectivity index (χ0v) is 18.4. The van der Waals surface area contributed by atoms with Crippen LogP contribution in [0.4, 0.5) is 0 Å². The molecule has 3 rings (SSSR count). The summed E-state index contributed by atoms with van der Waals surface area (Å²) in [5.74, 6) is 0.897. The van der Waals surface area contributed by atoms with Crippen molar-refractivity contribution in [3.05, 3.63) is 64.7 Å². The number of aryl methyl sites for hydroxylation is 3. The van der Waals surface area contributed by atoms with E-state index < -0.39 is 0 Å². The molecule has 1 heterocycles. The predicted octanol–water partition coefficient (Wildman–Crippen LogP) is 4.88. The molecular formula is C23H27N3O2S. The summed E-state index contributed by atoms with van der Waals surface area (Å²) >= 11 is 1.44. The number of Topliss-reactive ketones (excluding diaryl/α,β-unsaturated/α-hetero) is 1. The van der Waals surface area contributed by atoms with Gasteiger partial charge in [-0.2, -0.15) is 0 Å². The van der Waals surface area contributed by atoms with E-state index in [1.807, 2.05) is 55.7 Å². The van der Waals surface area contributed by atoms with E-state index in [1.165, 1.54) is 11.8 Å². The van der Waals surface area contributed by atoms with Crippen LogP contribution in [0.2, 0.25) is 0 Å². The molecule has 29 heavy (non-hydrogen) atoms. The molecule has 0 saturated carbocycles. The number of carbonyl (C=O) groups is 1. The topological polar surface area (TPSA) is 57.0 Å². The van der Waals surface area contributed by atoms with Crippen LogP contribution in [0.25, 0.3) is 11.4 Å². The summed E-state index contributed by atoms with van der Waals surface area (Å²) in [5.41, 5.74) is 5.02. The highest BCUT2D eigenvalue weighted by atomic mass is 32.2. The highest BCUT2D eigenvalue weighted by molar-refractivity contribution is 8.00. The van der Waals surface area contributed by atoms with Crippen LogP contribution in [0.5, 0.6) is 0 Å². The minimum absolute atomic E-state index is 0.106. The van der Waals surface area contributed by atoms with Crippen molar-refractivity contribution < 1.29 is 9.53 Å². The zero-order chi connectivity index (χ0) is 21.0. The lowest BCUT2D eigenvalue weighted by Gasteiger charge is -2.14. The smallest absolute Gasteiger partial charge is 0.192 e. The van der Waals surface area contributed by atoms with E-state index in [-0.39, 0.29) is 11.0 Å². The molecule has 3 aromatic rings. The van der Waals surface area contributed by atoms with Gasteiger partial charge in [0.25, 0.3) is 0 Å². The lowest BCUT2D eigenvalue weighted by atomic mass is 10.0. The van der Waals surface area contributed by atoms with Crippen molar-refractivity contribution in [2.75, 3.05) is 13.7 Å². The van der Waals surface area contributed by atoms with Crippen LogP contribution in [-0.2, 0) is 11.3 Å². The fourth-order valence-corrected chi connectivity index (χ4v) is 4.13. The fourth-order valence-electron chi connectivity index (χ4n) is 3.19. The quantitative estimate of drug-likeness (QED) is 0.392. The molecule has 2 aromatic carbocycles. The van der Waals surface area contributed by atoms with Crippen molar-refractivity contribution in [3.8, 4) is 11.4 Å². The van der Waals surface area contributed by atoms with E-state index in [2.05, 4.69) is 29.3 Å². The molecule has 0 bridgehead atoms. The Morgan fingerprint density at radius 3 is 2.59 bits per heavy atom. The molecule has 152 valence electrons. The summed E-state index contributed by atoms with van der Waals surface area (Å²) in [7, 11) is 1.68. The molecule has 1 atom stereocenters. The molecule has 0 aliphatic carbocycles. The van der Waals surface area contributed by atoms with Crippen molar-refractivity contribution >= 4 is 17.5 Å². The maximum absolute atomic E-state index is 13.1. The van der Waals surface area contributed by atoms with Crippen LogP contribution < -0.4 is 0 Å². The first-order valence-electron chi connectivity index (χ1n) is 9.68. The van der Waals surface area contributed by atoms with Crippen LogP contribution >= 0.6 is 11.8 Å². The van der Waals surface area contributed by atoms with E-state index in [0.717, 1.165) is 38.8 Å². The summed E-state index contributed by atoms with van der Waals surface area (Å²) in [5, 5.41) is 9.28. The van der Waals surface area contributed by atoms with Gasteiger partial charge in [-0.3, -0.25) is 9.36 Å². The van der Waals surface area contributed by atoms with Crippen molar-refractivity contribution in [2.45, 2.75) is 44.6 Å². The first kappa shape index (κ1) is 21.3. The van der Waals surface area contributed by atoms with E-state index >= 15 is 0 Å². The van der Waals surface area contributed by atoms with Gasteiger partial charge >= 0.3 is 0 Å². The Balaban J connectivity index is 1.90. The van der Waals surface area contributed by atoms with E-state index in [1.54, 1.807) is 7.11 Å². The SMILES string of the molecule is COCCn1c(SC(C)C(=O)c2cc(C)ccc2C)nnc1-c1cccc(C)c1. The summed E-state index contributed by atoms with van der Waals surface area (Å²) < 4.78 is 7.32. The summed E-state index contributed by atoms with van der Waals surface area (Å²) in [6, 6.07) is 14.2. The van der Waals surface area contributed by atoms with Gasteiger partial charge in [-0.1, -0.05) is 53.2 Å². The molecule has 1 aromatic heterocycles. The van der Waals surface area contributed by atoms with Crippen molar-refractivity contribution in [1.82, 2.24) is 14.8 Å². The zero-order valence-electron chi connectivity index (χ0n) is 17.6. The van der Waals surface area contributed by atoms with Crippen LogP contribution in [0.1, 0.15) is 34.0 Å². The standard InChI is InChI=1S/C23H27N3O2S/c1-15-7-6-8-19(13-15)22-24-25-23(26(22)11-12-28-5)29-18(4)21(27)20-14-16(2)9-10-17(20)3/h6-10,13-14,18H,11-12H2,1-5H3. The average Bonchev–Trinajstić information content (AvgIpc) is 3.10. The highest BCUT2D eigenvalue weighted by Gasteiger charge is 2.23. The number of ether oxygens (including phenoxy) is 1. The lowest BCUT2D eigenvalue weighted by molar-refractivity contribution is 0.0993. The second kappa shape index (κ2) is 9.37. The molecule has 1 unspecified atom stereocenters. The number of ketones is 1. The van der Waals surface area contributed by atoms with Gasteiger partial charge in [0.2, 0.25) is 0 Å². The van der Waals surface area contributed by atoms with Crippen molar-refractivity contribution in [2.24, 2.45) is 0 Å². The van der Waals surface area contributed by atoms with Gasteiger partial charge in [0.05, 0.1) is 18.4 Å². The van der Waals surface area contributed by atoms with Gasteiger partial charge in [-0.25, -0.2) is 0 Å². The number of aromatic nitrogens is 3. The number of hydrogen-bond donors (Lipinski definition) is 0. The average molecular weight is 410 g/mol. The monoisotopic (exact) mass is 409 g/mol. The third-order valence-corrected chi connectivity index (χ3v) is 5.90. The number of rotatable bonds is 8. The molecular weight excluding hydrogens is 382 g/mol. The normalized spacial score (nSPS) is 12.2. The third kappa shape index (κ3) is 4.95. The molecule has 5 nitrogen and oxygen atoms in total. The van der Waals surface area contributed by atoms with Crippen LogP contribution in [0.15, 0.2) is 47.6 Å². The lowest BCUT2D eigenvalue weighted by Crippen LogP contribution is -2.17. The number of hydrogen-bond acceptors (Lipinski definition) is 5. The van der Waals surface area contributed by atoms with Crippen molar-refractivity contribution in [1.29, 1.82) is 0 Å². The highest BCUT2D eigenvalue weighted by Crippen LogP contribution is 2.29. The van der Waals surface area contributed by atoms with Crippen molar-refractivity contribution in [3.63, 3.8) is 0 Å². The van der Waals surface area contributed by atoms with Gasteiger partial charge in [0.15, 0.2) is 16.8 Å². The Labute approximate surface area is 176 Å². The molecule has 0 fully saturated rings. The number of benzene rings is 2. The molecule has 0 spiro atoms. The molecule has 0 radical (unpaired) electrons. The maximum atomic E-state index is 13.1. The first-order valence-corrected chi connectivity index (χ1v) is 10.6. The molecule has 6 heteroatoms. The number of carbonyl (C=O) groups excluding carboxylic acids is 1. The van der Waals surface area contributed by atoms with E-state index in [9.17, 15) is 4.79 Å². The summed E-state index contributed by atoms with van der Waals surface area (Å²) in [4.78, 5) is 13.1. The van der Waals surface area contributed by atoms with Gasteiger partial charge in [-0.15, -0.1) is 10.2 Å². The number of methoxy groups -OCH3 is 1. The Morgan fingerprint density at radius 2 is 1.86 bits per heavy atom. The second-order valence-corrected chi connectivity index (χ2v) is 8.57. The Bertz CT molecular complexity index is 1010. The minimum atomic E-state index is -0.272. The third-order valence-electron chi connectivity index (χ3n) is 4.82. The largest absolute Gasteiger partial charge is 0.383 e. The van der Waals surface area contributed by atoms with Crippen LogP contribution in [0, 0.1) is 20.8 Å². The molecule has 0 amide bonds. The molecule has 0 aliphatic heterocycles. The summed E-state index contributed by atoms with van der Waals surface area (Å²) in [6.07, 6.45) is 0. The van der Waals surface area contributed by atoms with E-state index in [0.29, 0.717) is 13.2 Å². The van der Waals surface area contributed by atoms with Gasteiger partial charge in [-0.05, 0) is 45.4 Å². The van der Waals surface area contributed by atoms with Crippen LogP contribution in [0.3, 0.4) is 0 Å². The molecule has 0 N–H and O–H groups in total. The number of nitrogens with zero attached hydrogens (tertiary/aromatic N) is 3. The summed E-state index contributed by atoms with van der Waals surface area (Å²) in [6.45, 7) is 9.13. The second-order valence-electron chi connectivity index (χ2n) is 7.26. The molecule has 0 saturated heterocycles. The van der Waals surface area contributed by atoms with Gasteiger partial charge < -0.3 is 4.74 Å². The maximum Gasteiger partial charge on any atom is 0.192 e. The molecule has 0 aliphatic rings. The first-order chi connectivity index (χ1) is 13.9. The van der Waals surface area contributed by atoms with Gasteiger partial charge in [0.1, 0.15) is 0 Å². The van der Waals surface area contributed by atoms with Gasteiger partial charge in [0, 0.05) is 18.2 Å². The Kier molecular flexibility index (Phi) is 6.87.